The smallest absolute Gasteiger partial charge is 0.266 e. The van der Waals surface area contributed by atoms with Crippen molar-refractivity contribution in [3.63, 3.8) is 0 Å². The first kappa shape index (κ1) is 23.1. The molecule has 4 rings (SSSR count). The molecule has 0 radical (unpaired) electrons. The highest BCUT2D eigenvalue weighted by Gasteiger charge is 2.21. The molecule has 0 spiro atoms. The van der Waals surface area contributed by atoms with Crippen molar-refractivity contribution in [2.45, 2.75) is 49.4 Å². The van der Waals surface area contributed by atoms with Gasteiger partial charge in [0.1, 0.15) is 5.75 Å². The third-order valence-electron chi connectivity index (χ3n) is 5.85. The monoisotopic (exact) mass is 463 g/mol. The number of methoxy groups -OCH3 is 1. The summed E-state index contributed by atoms with van der Waals surface area (Å²) < 4.78 is 7.05. The molecule has 33 heavy (non-hydrogen) atoms. The Bertz CT molecular complexity index is 1230. The highest BCUT2D eigenvalue weighted by molar-refractivity contribution is 8.00. The topological polar surface area (TPSA) is 73.2 Å². The fourth-order valence-electron chi connectivity index (χ4n) is 4.05. The Morgan fingerprint density at radius 1 is 1.18 bits per heavy atom. The van der Waals surface area contributed by atoms with E-state index in [1.807, 2.05) is 49.4 Å². The largest absolute Gasteiger partial charge is 0.495 e. The van der Waals surface area contributed by atoms with Crippen LogP contribution < -0.4 is 15.6 Å². The van der Waals surface area contributed by atoms with Gasteiger partial charge in [-0.2, -0.15) is 0 Å². The minimum atomic E-state index is -0.417. The summed E-state index contributed by atoms with van der Waals surface area (Å²) in [6.07, 6.45) is 7.97. The number of fused-ring (bicyclic) bond motifs is 1. The van der Waals surface area contributed by atoms with Gasteiger partial charge in [0.15, 0.2) is 5.16 Å². The second kappa shape index (κ2) is 10.7. The summed E-state index contributed by atoms with van der Waals surface area (Å²) in [4.78, 5) is 31.0. The SMILES string of the molecule is COc1ccccc1-n1c(SC(C)C(=O)NCCC2=CCCCC2)nc2ccccc2c1=O. The van der Waals surface area contributed by atoms with Gasteiger partial charge in [-0.05, 0) is 63.3 Å². The quantitative estimate of drug-likeness (QED) is 0.293. The second-order valence-electron chi connectivity index (χ2n) is 8.13. The van der Waals surface area contributed by atoms with E-state index in [1.165, 1.54) is 30.2 Å². The van der Waals surface area contributed by atoms with Crippen LogP contribution in [0, 0.1) is 0 Å². The number of nitrogens with zero attached hydrogens (tertiary/aromatic N) is 2. The molecule has 0 saturated heterocycles. The molecule has 1 aromatic heterocycles. The van der Waals surface area contributed by atoms with Crippen LogP contribution in [0.4, 0.5) is 0 Å². The molecule has 0 bridgehead atoms. The van der Waals surface area contributed by atoms with Crippen molar-refractivity contribution < 1.29 is 9.53 Å². The van der Waals surface area contributed by atoms with Crippen LogP contribution in [0.15, 0.2) is 70.1 Å². The molecule has 3 aromatic rings. The summed E-state index contributed by atoms with van der Waals surface area (Å²) in [5.74, 6) is 0.502. The van der Waals surface area contributed by atoms with Crippen LogP contribution in [-0.2, 0) is 4.79 Å². The van der Waals surface area contributed by atoms with Gasteiger partial charge >= 0.3 is 0 Å². The predicted molar refractivity (Wildman–Crippen MR) is 133 cm³/mol. The summed E-state index contributed by atoms with van der Waals surface area (Å²) in [7, 11) is 1.57. The molecular weight excluding hydrogens is 434 g/mol. The van der Waals surface area contributed by atoms with Crippen LogP contribution >= 0.6 is 11.8 Å². The molecule has 6 nitrogen and oxygen atoms in total. The van der Waals surface area contributed by atoms with E-state index in [4.69, 9.17) is 9.72 Å². The van der Waals surface area contributed by atoms with E-state index in [2.05, 4.69) is 11.4 Å². The Kier molecular flexibility index (Phi) is 7.50. The number of nitrogens with one attached hydrogen (secondary N) is 1. The van der Waals surface area contributed by atoms with Crippen molar-refractivity contribution >= 4 is 28.6 Å². The van der Waals surface area contributed by atoms with E-state index in [9.17, 15) is 9.59 Å². The molecule has 2 aromatic carbocycles. The third kappa shape index (κ3) is 5.30. The lowest BCUT2D eigenvalue weighted by Crippen LogP contribution is -2.32. The van der Waals surface area contributed by atoms with Crippen molar-refractivity contribution in [2.75, 3.05) is 13.7 Å². The number of hydrogen-bond donors (Lipinski definition) is 1. The average molecular weight is 464 g/mol. The number of benzene rings is 2. The number of carbonyl (C=O) groups excluding carboxylic acids is 1. The minimum Gasteiger partial charge on any atom is -0.495 e. The number of rotatable bonds is 8. The fourth-order valence-corrected chi connectivity index (χ4v) is 5.00. The lowest BCUT2D eigenvalue weighted by atomic mass is 9.97. The van der Waals surface area contributed by atoms with Gasteiger partial charge in [0, 0.05) is 6.54 Å². The first-order chi connectivity index (χ1) is 16.1. The maximum atomic E-state index is 13.5. The van der Waals surface area contributed by atoms with Gasteiger partial charge in [0.2, 0.25) is 5.91 Å². The molecule has 1 heterocycles. The Morgan fingerprint density at radius 2 is 1.97 bits per heavy atom. The van der Waals surface area contributed by atoms with Crippen molar-refractivity contribution in [2.24, 2.45) is 0 Å². The Morgan fingerprint density at radius 3 is 2.76 bits per heavy atom. The van der Waals surface area contributed by atoms with E-state index in [-0.39, 0.29) is 11.5 Å². The highest BCUT2D eigenvalue weighted by atomic mass is 32.2. The first-order valence-electron chi connectivity index (χ1n) is 11.4. The van der Waals surface area contributed by atoms with Gasteiger partial charge in [-0.15, -0.1) is 0 Å². The Balaban J connectivity index is 1.60. The van der Waals surface area contributed by atoms with Gasteiger partial charge in [0.25, 0.3) is 5.56 Å². The molecule has 1 aliphatic carbocycles. The molecule has 0 aliphatic heterocycles. The summed E-state index contributed by atoms with van der Waals surface area (Å²) in [5, 5.41) is 3.60. The maximum absolute atomic E-state index is 13.5. The number of para-hydroxylation sites is 3. The Hall–Kier alpha value is -3.06. The first-order valence-corrected chi connectivity index (χ1v) is 12.2. The van der Waals surface area contributed by atoms with Crippen LogP contribution in [0.2, 0.25) is 0 Å². The standard InChI is InChI=1S/C26H29N3O3S/c1-18(24(30)27-17-16-19-10-4-3-5-11-19)33-26-28-21-13-7-6-12-20(21)25(31)29(26)22-14-8-9-15-23(22)32-2/h6-10,12-15,18H,3-5,11,16-17H2,1-2H3,(H,27,30). The van der Waals surface area contributed by atoms with E-state index in [1.54, 1.807) is 17.7 Å². The molecule has 172 valence electrons. The number of allylic oxidation sites excluding steroid dienone is 1. The van der Waals surface area contributed by atoms with Gasteiger partial charge < -0.3 is 10.1 Å². The zero-order valence-corrected chi connectivity index (χ0v) is 19.9. The normalized spacial score (nSPS) is 14.5. The molecule has 7 heteroatoms. The van der Waals surface area contributed by atoms with Gasteiger partial charge in [-0.25, -0.2) is 4.98 Å². The average Bonchev–Trinajstić information content (AvgIpc) is 2.85. The lowest BCUT2D eigenvalue weighted by Gasteiger charge is -2.18. The van der Waals surface area contributed by atoms with Crippen molar-refractivity contribution in [3.8, 4) is 11.4 Å². The number of carbonyl (C=O) groups is 1. The van der Waals surface area contributed by atoms with Crippen LogP contribution in [0.1, 0.15) is 39.0 Å². The number of thioether (sulfide) groups is 1. The zero-order chi connectivity index (χ0) is 23.2. The zero-order valence-electron chi connectivity index (χ0n) is 19.0. The number of ether oxygens (including phenoxy) is 1. The molecule has 1 atom stereocenters. The third-order valence-corrected chi connectivity index (χ3v) is 6.91. The number of amides is 1. The summed E-state index contributed by atoms with van der Waals surface area (Å²) in [6, 6.07) is 14.6. The molecular formula is C26H29N3O3S. The predicted octanol–water partition coefficient (Wildman–Crippen LogP) is 4.88. The van der Waals surface area contributed by atoms with Crippen LogP contribution in [0.3, 0.4) is 0 Å². The minimum absolute atomic E-state index is 0.0645. The fraction of sp³-hybridized carbons (Fsp3) is 0.346. The second-order valence-corrected chi connectivity index (χ2v) is 9.44. The van der Waals surface area contributed by atoms with Gasteiger partial charge in [-0.3, -0.25) is 14.2 Å². The summed E-state index contributed by atoms with van der Waals surface area (Å²) in [6.45, 7) is 2.47. The van der Waals surface area contributed by atoms with E-state index in [0.717, 1.165) is 19.3 Å². The highest BCUT2D eigenvalue weighted by Crippen LogP contribution is 2.29. The molecule has 1 N–H and O–H groups in total. The molecule has 0 fully saturated rings. The Labute approximate surface area is 198 Å². The van der Waals surface area contributed by atoms with Crippen LogP contribution in [-0.4, -0.2) is 34.4 Å². The molecule has 1 unspecified atom stereocenters. The number of hydrogen-bond acceptors (Lipinski definition) is 5. The van der Waals surface area contributed by atoms with Gasteiger partial charge in [-0.1, -0.05) is 47.7 Å². The van der Waals surface area contributed by atoms with Crippen molar-refractivity contribution in [1.29, 1.82) is 0 Å². The van der Waals surface area contributed by atoms with E-state index >= 15 is 0 Å². The van der Waals surface area contributed by atoms with Crippen LogP contribution in [0.25, 0.3) is 16.6 Å². The summed E-state index contributed by atoms with van der Waals surface area (Å²) >= 11 is 1.28. The van der Waals surface area contributed by atoms with Crippen molar-refractivity contribution in [1.82, 2.24) is 14.9 Å². The number of aromatic nitrogens is 2. The van der Waals surface area contributed by atoms with E-state index < -0.39 is 5.25 Å². The van der Waals surface area contributed by atoms with Gasteiger partial charge in [0.05, 0.1) is 29.0 Å². The molecule has 0 saturated carbocycles. The van der Waals surface area contributed by atoms with Crippen LogP contribution in [0.5, 0.6) is 5.75 Å². The lowest BCUT2D eigenvalue weighted by molar-refractivity contribution is -0.120. The molecule has 1 amide bonds. The maximum Gasteiger partial charge on any atom is 0.266 e. The van der Waals surface area contributed by atoms with E-state index in [0.29, 0.717) is 34.0 Å². The summed E-state index contributed by atoms with van der Waals surface area (Å²) in [5.41, 5.74) is 2.45. The molecule has 1 aliphatic rings. The van der Waals surface area contributed by atoms with Crippen molar-refractivity contribution in [3.05, 3.63) is 70.5 Å².